The van der Waals surface area contributed by atoms with Gasteiger partial charge in [-0.3, -0.25) is 10.3 Å². The number of thiazole rings is 1. The Bertz CT molecular complexity index is 914. The quantitative estimate of drug-likeness (QED) is 0.671. The van der Waals surface area contributed by atoms with Gasteiger partial charge in [0.2, 0.25) is 0 Å². The zero-order chi connectivity index (χ0) is 18.7. The number of aromatic nitrogens is 2. The molecule has 1 aromatic carbocycles. The van der Waals surface area contributed by atoms with Gasteiger partial charge >= 0.3 is 6.09 Å². The minimum atomic E-state index is -0.554. The van der Waals surface area contributed by atoms with E-state index in [1.807, 2.05) is 37.4 Å². The molecule has 134 valence electrons. The Labute approximate surface area is 157 Å². The number of nitrogens with one attached hydrogen (secondary N) is 1. The summed E-state index contributed by atoms with van der Waals surface area (Å²) in [5.41, 5.74) is 2.89. The number of rotatable bonds is 3. The molecule has 0 saturated heterocycles. The van der Waals surface area contributed by atoms with Crippen LogP contribution < -0.4 is 10.1 Å². The molecular formula is C20H21N3O2S. The summed E-state index contributed by atoms with van der Waals surface area (Å²) in [6.45, 7) is 8.32. The van der Waals surface area contributed by atoms with Crippen molar-refractivity contribution in [1.82, 2.24) is 9.97 Å². The van der Waals surface area contributed by atoms with Gasteiger partial charge in [0.1, 0.15) is 5.75 Å². The minimum absolute atomic E-state index is 0.0326. The van der Waals surface area contributed by atoms with Gasteiger partial charge in [-0.2, -0.15) is 0 Å². The van der Waals surface area contributed by atoms with E-state index in [2.05, 4.69) is 42.1 Å². The predicted molar refractivity (Wildman–Crippen MR) is 105 cm³/mol. The van der Waals surface area contributed by atoms with E-state index in [4.69, 9.17) is 4.74 Å². The molecule has 26 heavy (non-hydrogen) atoms. The molecule has 3 rings (SSSR count). The van der Waals surface area contributed by atoms with E-state index in [1.54, 1.807) is 12.1 Å². The van der Waals surface area contributed by atoms with Crippen LogP contribution in [0.3, 0.4) is 0 Å². The number of carbonyl (C=O) groups is 1. The first kappa shape index (κ1) is 18.1. The van der Waals surface area contributed by atoms with Crippen molar-refractivity contribution in [2.24, 2.45) is 0 Å². The highest BCUT2D eigenvalue weighted by atomic mass is 32.1. The fraction of sp³-hybridized carbons (Fsp3) is 0.250. The third-order valence-corrected chi connectivity index (χ3v) is 4.87. The van der Waals surface area contributed by atoms with Gasteiger partial charge in [0, 0.05) is 17.3 Å². The number of anilines is 1. The fourth-order valence-corrected chi connectivity index (χ4v) is 3.36. The van der Waals surface area contributed by atoms with Crippen LogP contribution in [0.15, 0.2) is 48.7 Å². The molecule has 1 N–H and O–H groups in total. The van der Waals surface area contributed by atoms with E-state index in [1.165, 1.54) is 11.3 Å². The van der Waals surface area contributed by atoms with Crippen molar-refractivity contribution in [1.29, 1.82) is 0 Å². The summed E-state index contributed by atoms with van der Waals surface area (Å²) in [4.78, 5) is 22.0. The highest BCUT2D eigenvalue weighted by molar-refractivity contribution is 7.19. The molecule has 2 heterocycles. The molecule has 2 aromatic heterocycles. The summed E-state index contributed by atoms with van der Waals surface area (Å²) in [6, 6.07) is 13.0. The Morgan fingerprint density at radius 1 is 1.15 bits per heavy atom. The average Bonchev–Trinajstić information content (AvgIpc) is 2.95. The van der Waals surface area contributed by atoms with Crippen LogP contribution in [0.25, 0.3) is 10.4 Å². The zero-order valence-electron chi connectivity index (χ0n) is 15.2. The maximum atomic E-state index is 12.0. The highest BCUT2D eigenvalue weighted by Gasteiger charge is 2.18. The van der Waals surface area contributed by atoms with E-state index in [0.717, 1.165) is 21.8 Å². The van der Waals surface area contributed by atoms with Gasteiger partial charge in [0.05, 0.1) is 10.6 Å². The first-order valence-corrected chi connectivity index (χ1v) is 9.13. The SMILES string of the molecule is Cc1nc(NC(=O)Oc2ccccc2)sc1-c1ccnc(C(C)(C)C)c1. The van der Waals surface area contributed by atoms with E-state index in [9.17, 15) is 4.79 Å². The molecular weight excluding hydrogens is 346 g/mol. The molecule has 0 fully saturated rings. The highest BCUT2D eigenvalue weighted by Crippen LogP contribution is 2.34. The van der Waals surface area contributed by atoms with Crippen molar-refractivity contribution in [3.05, 3.63) is 60.0 Å². The van der Waals surface area contributed by atoms with Crippen LogP contribution in [-0.2, 0) is 5.41 Å². The van der Waals surface area contributed by atoms with Crippen LogP contribution >= 0.6 is 11.3 Å². The second-order valence-corrected chi connectivity index (χ2v) is 7.94. The van der Waals surface area contributed by atoms with Crippen LogP contribution in [0, 0.1) is 6.92 Å². The van der Waals surface area contributed by atoms with E-state index >= 15 is 0 Å². The Hall–Kier alpha value is -2.73. The first-order valence-electron chi connectivity index (χ1n) is 8.31. The van der Waals surface area contributed by atoms with Crippen LogP contribution in [0.2, 0.25) is 0 Å². The molecule has 0 saturated carbocycles. The van der Waals surface area contributed by atoms with E-state index in [-0.39, 0.29) is 5.41 Å². The number of para-hydroxylation sites is 1. The number of hydrogen-bond acceptors (Lipinski definition) is 5. The molecule has 6 heteroatoms. The number of benzene rings is 1. The molecule has 0 aliphatic rings. The molecule has 0 spiro atoms. The van der Waals surface area contributed by atoms with Gasteiger partial charge in [0.25, 0.3) is 0 Å². The molecule has 1 amide bonds. The lowest BCUT2D eigenvalue weighted by Gasteiger charge is -2.18. The van der Waals surface area contributed by atoms with Crippen molar-refractivity contribution in [3.8, 4) is 16.2 Å². The summed E-state index contributed by atoms with van der Waals surface area (Å²) in [6.07, 6.45) is 1.26. The fourth-order valence-electron chi connectivity index (χ4n) is 2.41. The number of hydrogen-bond donors (Lipinski definition) is 1. The number of amides is 1. The molecule has 0 bridgehead atoms. The molecule has 3 aromatic rings. The second-order valence-electron chi connectivity index (χ2n) is 6.94. The smallest absolute Gasteiger partial charge is 0.410 e. The van der Waals surface area contributed by atoms with Crippen LogP contribution in [0.5, 0.6) is 5.75 Å². The van der Waals surface area contributed by atoms with Crippen LogP contribution in [0.1, 0.15) is 32.2 Å². The van der Waals surface area contributed by atoms with Crippen LogP contribution in [-0.4, -0.2) is 16.1 Å². The molecule has 0 atom stereocenters. The molecule has 0 aliphatic carbocycles. The second kappa shape index (κ2) is 7.25. The van der Waals surface area contributed by atoms with E-state index in [0.29, 0.717) is 10.9 Å². The molecule has 0 unspecified atom stereocenters. The summed E-state index contributed by atoms with van der Waals surface area (Å²) in [7, 11) is 0. The van der Waals surface area contributed by atoms with E-state index < -0.39 is 6.09 Å². The lowest BCUT2D eigenvalue weighted by molar-refractivity contribution is 0.215. The number of pyridine rings is 1. The van der Waals surface area contributed by atoms with Crippen molar-refractivity contribution < 1.29 is 9.53 Å². The lowest BCUT2D eigenvalue weighted by Crippen LogP contribution is -2.16. The maximum Gasteiger partial charge on any atom is 0.418 e. The Morgan fingerprint density at radius 3 is 2.58 bits per heavy atom. The van der Waals surface area contributed by atoms with Gasteiger partial charge in [-0.1, -0.05) is 50.3 Å². The average molecular weight is 367 g/mol. The van der Waals surface area contributed by atoms with Crippen molar-refractivity contribution in [2.75, 3.05) is 5.32 Å². The first-order chi connectivity index (χ1) is 12.3. The monoisotopic (exact) mass is 367 g/mol. The maximum absolute atomic E-state index is 12.0. The number of ether oxygens (including phenoxy) is 1. The van der Waals surface area contributed by atoms with Crippen molar-refractivity contribution in [2.45, 2.75) is 33.1 Å². The summed E-state index contributed by atoms with van der Waals surface area (Å²) < 4.78 is 5.24. The summed E-state index contributed by atoms with van der Waals surface area (Å²) in [5, 5.41) is 3.20. The number of aryl methyl sites for hydroxylation is 1. The largest absolute Gasteiger partial charge is 0.418 e. The Morgan fingerprint density at radius 2 is 1.88 bits per heavy atom. The van der Waals surface area contributed by atoms with Gasteiger partial charge < -0.3 is 4.74 Å². The van der Waals surface area contributed by atoms with Gasteiger partial charge in [-0.25, -0.2) is 9.78 Å². The standard InChI is InChI=1S/C20H21N3O2S/c1-13-17(14-10-11-21-16(12-14)20(2,3)4)26-18(22-13)23-19(24)25-15-8-6-5-7-9-15/h5-12H,1-4H3,(H,22,23,24). The predicted octanol–water partition coefficient (Wildman–Crippen LogP) is 5.42. The summed E-state index contributed by atoms with van der Waals surface area (Å²) in [5.74, 6) is 0.488. The van der Waals surface area contributed by atoms with Crippen molar-refractivity contribution >= 4 is 22.6 Å². The lowest BCUT2D eigenvalue weighted by atomic mass is 9.90. The van der Waals surface area contributed by atoms with Gasteiger partial charge in [-0.05, 0) is 36.8 Å². The molecule has 0 aliphatic heterocycles. The topological polar surface area (TPSA) is 64.1 Å². The third-order valence-electron chi connectivity index (χ3n) is 3.75. The van der Waals surface area contributed by atoms with Crippen LogP contribution in [0.4, 0.5) is 9.93 Å². The third kappa shape index (κ3) is 4.26. The van der Waals surface area contributed by atoms with Gasteiger partial charge in [-0.15, -0.1) is 0 Å². The molecule has 0 radical (unpaired) electrons. The Balaban J connectivity index is 1.78. The van der Waals surface area contributed by atoms with Crippen molar-refractivity contribution in [3.63, 3.8) is 0 Å². The molecule has 5 nitrogen and oxygen atoms in total. The Kier molecular flexibility index (Phi) is 5.04. The summed E-state index contributed by atoms with van der Waals surface area (Å²) >= 11 is 1.42. The normalized spacial score (nSPS) is 11.2. The number of nitrogens with zero attached hydrogens (tertiary/aromatic N) is 2. The minimum Gasteiger partial charge on any atom is -0.410 e. The van der Waals surface area contributed by atoms with Gasteiger partial charge in [0.15, 0.2) is 5.13 Å². The zero-order valence-corrected chi connectivity index (χ0v) is 16.1. The number of carbonyl (C=O) groups excluding carboxylic acids is 1.